The highest BCUT2D eigenvalue weighted by Gasteiger charge is 1.94. The predicted molar refractivity (Wildman–Crippen MR) is 39.3 cm³/mol. The summed E-state index contributed by atoms with van der Waals surface area (Å²) in [5.41, 5.74) is 0.148. The van der Waals surface area contributed by atoms with Crippen molar-refractivity contribution in [1.29, 1.82) is 0 Å². The van der Waals surface area contributed by atoms with Crippen molar-refractivity contribution >= 4 is 12.6 Å². The molecular formula is C6H14OS. The zero-order chi connectivity index (χ0) is 6.41. The summed E-state index contributed by atoms with van der Waals surface area (Å²) in [6.45, 7) is 4.99. The van der Waals surface area contributed by atoms with Crippen LogP contribution < -0.4 is 0 Å². The summed E-state index contributed by atoms with van der Waals surface area (Å²) < 4.78 is 5.20. The third-order valence-electron chi connectivity index (χ3n) is 0.864. The zero-order valence-corrected chi connectivity index (χ0v) is 6.45. The van der Waals surface area contributed by atoms with Crippen molar-refractivity contribution in [3.05, 3.63) is 0 Å². The second-order valence-electron chi connectivity index (χ2n) is 1.73. The molecule has 50 valence electrons. The number of thiol groups is 1. The highest BCUT2D eigenvalue weighted by atomic mass is 32.1. The molecule has 0 N–H and O–H groups in total. The maximum Gasteiger partial charge on any atom is 0.0996 e. The Labute approximate surface area is 56.8 Å². The fourth-order valence-corrected chi connectivity index (χ4v) is 0.477. The van der Waals surface area contributed by atoms with Crippen LogP contribution >= 0.6 is 12.6 Å². The molecule has 0 radical (unpaired) electrons. The molecule has 0 aromatic heterocycles. The molecule has 2 heteroatoms. The first-order valence-electron chi connectivity index (χ1n) is 3.11. The average Bonchev–Trinajstić information content (AvgIpc) is 1.83. The van der Waals surface area contributed by atoms with E-state index in [9.17, 15) is 0 Å². The van der Waals surface area contributed by atoms with Gasteiger partial charge in [-0.3, -0.25) is 0 Å². The second-order valence-corrected chi connectivity index (χ2v) is 2.31. The van der Waals surface area contributed by atoms with Crippen molar-refractivity contribution in [2.75, 3.05) is 6.61 Å². The van der Waals surface area contributed by atoms with Crippen LogP contribution in [-0.2, 0) is 4.74 Å². The van der Waals surface area contributed by atoms with Crippen LogP contribution in [0.15, 0.2) is 0 Å². The smallest absolute Gasteiger partial charge is 0.0996 e. The molecule has 0 amide bonds. The van der Waals surface area contributed by atoms with Crippen molar-refractivity contribution in [2.24, 2.45) is 0 Å². The van der Waals surface area contributed by atoms with Gasteiger partial charge in [0.2, 0.25) is 0 Å². The molecule has 0 heterocycles. The summed E-state index contributed by atoms with van der Waals surface area (Å²) in [6.07, 6.45) is 2.07. The minimum Gasteiger partial charge on any atom is -0.368 e. The predicted octanol–water partition coefficient (Wildman–Crippen LogP) is 2.08. The third kappa shape index (κ3) is 4.47. The fraction of sp³-hybridized carbons (Fsp3) is 1.00. The van der Waals surface area contributed by atoms with E-state index in [-0.39, 0.29) is 5.44 Å². The summed E-state index contributed by atoms with van der Waals surface area (Å²) in [6, 6.07) is 0. The number of rotatable bonds is 4. The SMILES string of the molecule is CCCOC(S)CC. The lowest BCUT2D eigenvalue weighted by Gasteiger charge is -2.06. The largest absolute Gasteiger partial charge is 0.368 e. The summed E-state index contributed by atoms with van der Waals surface area (Å²) in [5.74, 6) is 0. The van der Waals surface area contributed by atoms with Crippen molar-refractivity contribution in [1.82, 2.24) is 0 Å². The molecule has 0 aliphatic carbocycles. The maximum atomic E-state index is 5.20. The van der Waals surface area contributed by atoms with Gasteiger partial charge in [0.05, 0.1) is 5.44 Å². The van der Waals surface area contributed by atoms with Gasteiger partial charge in [0, 0.05) is 6.61 Å². The molecular weight excluding hydrogens is 120 g/mol. The van der Waals surface area contributed by atoms with E-state index in [1.54, 1.807) is 0 Å². The Kier molecular flexibility index (Phi) is 5.66. The molecule has 0 aliphatic heterocycles. The monoisotopic (exact) mass is 134 g/mol. The minimum atomic E-state index is 0.148. The standard InChI is InChI=1S/C6H14OS/c1-3-5-7-6(8)4-2/h6,8H,3-5H2,1-2H3. The molecule has 1 nitrogen and oxygen atoms in total. The zero-order valence-electron chi connectivity index (χ0n) is 5.55. The Morgan fingerprint density at radius 1 is 1.50 bits per heavy atom. The van der Waals surface area contributed by atoms with Gasteiger partial charge in [-0.1, -0.05) is 13.8 Å². The molecule has 0 saturated heterocycles. The van der Waals surface area contributed by atoms with Gasteiger partial charge in [-0.05, 0) is 12.8 Å². The van der Waals surface area contributed by atoms with E-state index in [2.05, 4.69) is 26.5 Å². The van der Waals surface area contributed by atoms with Crippen LogP contribution in [0.4, 0.5) is 0 Å². The molecule has 0 aliphatic rings. The average molecular weight is 134 g/mol. The van der Waals surface area contributed by atoms with Crippen LogP contribution in [0.25, 0.3) is 0 Å². The van der Waals surface area contributed by atoms with Crippen LogP contribution in [0.3, 0.4) is 0 Å². The second kappa shape index (κ2) is 5.45. The van der Waals surface area contributed by atoms with E-state index >= 15 is 0 Å². The van der Waals surface area contributed by atoms with Gasteiger partial charge >= 0.3 is 0 Å². The van der Waals surface area contributed by atoms with Crippen LogP contribution in [0, 0.1) is 0 Å². The Balaban J connectivity index is 2.86. The first-order chi connectivity index (χ1) is 3.81. The lowest BCUT2D eigenvalue weighted by Crippen LogP contribution is -2.03. The number of hydrogen-bond acceptors (Lipinski definition) is 2. The van der Waals surface area contributed by atoms with Crippen molar-refractivity contribution < 1.29 is 4.74 Å². The fourth-order valence-electron chi connectivity index (χ4n) is 0.372. The third-order valence-corrected chi connectivity index (χ3v) is 1.38. The van der Waals surface area contributed by atoms with Gasteiger partial charge in [-0.15, -0.1) is 12.6 Å². The van der Waals surface area contributed by atoms with Crippen LogP contribution in [0.5, 0.6) is 0 Å². The van der Waals surface area contributed by atoms with E-state index in [1.807, 2.05) is 0 Å². The van der Waals surface area contributed by atoms with E-state index in [4.69, 9.17) is 4.74 Å². The van der Waals surface area contributed by atoms with E-state index in [0.717, 1.165) is 19.4 Å². The summed E-state index contributed by atoms with van der Waals surface area (Å²) in [7, 11) is 0. The maximum absolute atomic E-state index is 5.20. The van der Waals surface area contributed by atoms with E-state index in [1.165, 1.54) is 0 Å². The Morgan fingerprint density at radius 3 is 2.50 bits per heavy atom. The summed E-state index contributed by atoms with van der Waals surface area (Å²) in [4.78, 5) is 0. The van der Waals surface area contributed by atoms with Gasteiger partial charge in [-0.25, -0.2) is 0 Å². The van der Waals surface area contributed by atoms with Gasteiger partial charge in [0.15, 0.2) is 0 Å². The van der Waals surface area contributed by atoms with Crippen molar-refractivity contribution in [3.8, 4) is 0 Å². The molecule has 0 fully saturated rings. The normalized spacial score (nSPS) is 13.9. The first-order valence-corrected chi connectivity index (χ1v) is 3.62. The molecule has 1 unspecified atom stereocenters. The summed E-state index contributed by atoms with van der Waals surface area (Å²) >= 11 is 4.14. The number of ether oxygens (including phenoxy) is 1. The highest BCUT2D eigenvalue weighted by Crippen LogP contribution is 2.01. The first kappa shape index (κ1) is 8.31. The lowest BCUT2D eigenvalue weighted by atomic mass is 10.5. The molecule has 0 aromatic carbocycles. The topological polar surface area (TPSA) is 9.23 Å². The van der Waals surface area contributed by atoms with Crippen LogP contribution in [0.2, 0.25) is 0 Å². The van der Waals surface area contributed by atoms with E-state index < -0.39 is 0 Å². The quantitative estimate of drug-likeness (QED) is 0.457. The van der Waals surface area contributed by atoms with Gasteiger partial charge < -0.3 is 4.74 Å². The molecule has 0 aromatic rings. The van der Waals surface area contributed by atoms with Gasteiger partial charge in [0.25, 0.3) is 0 Å². The van der Waals surface area contributed by atoms with Crippen LogP contribution in [-0.4, -0.2) is 12.0 Å². The van der Waals surface area contributed by atoms with Gasteiger partial charge in [0.1, 0.15) is 0 Å². The Bertz CT molecular complexity index is 47.8. The minimum absolute atomic E-state index is 0.148. The molecule has 1 atom stereocenters. The lowest BCUT2D eigenvalue weighted by molar-refractivity contribution is 0.112. The number of hydrogen-bond donors (Lipinski definition) is 1. The van der Waals surface area contributed by atoms with Crippen molar-refractivity contribution in [3.63, 3.8) is 0 Å². The molecule has 0 saturated carbocycles. The molecule has 0 bridgehead atoms. The molecule has 0 rings (SSSR count). The highest BCUT2D eigenvalue weighted by molar-refractivity contribution is 7.80. The summed E-state index contributed by atoms with van der Waals surface area (Å²) in [5, 5.41) is 0. The van der Waals surface area contributed by atoms with E-state index in [0.29, 0.717) is 0 Å². The van der Waals surface area contributed by atoms with Gasteiger partial charge in [-0.2, -0.15) is 0 Å². The Morgan fingerprint density at radius 2 is 2.12 bits per heavy atom. The molecule has 0 spiro atoms. The Hall–Kier alpha value is 0.310. The van der Waals surface area contributed by atoms with Crippen LogP contribution in [0.1, 0.15) is 26.7 Å². The van der Waals surface area contributed by atoms with Crippen molar-refractivity contribution in [2.45, 2.75) is 32.1 Å². The molecule has 8 heavy (non-hydrogen) atoms.